The van der Waals surface area contributed by atoms with Crippen molar-refractivity contribution in [2.45, 2.75) is 50.9 Å². The highest BCUT2D eigenvalue weighted by Crippen LogP contribution is 2.40. The fraction of sp³-hybridized carbons (Fsp3) is 0.364. The summed E-state index contributed by atoms with van der Waals surface area (Å²) in [6.45, 7) is 2.28. The highest BCUT2D eigenvalue weighted by molar-refractivity contribution is 6.00. The third kappa shape index (κ3) is 4.03. The van der Waals surface area contributed by atoms with E-state index in [1.807, 2.05) is 29.3 Å². The highest BCUT2D eigenvalue weighted by Gasteiger charge is 2.47. The third-order valence-electron chi connectivity index (χ3n) is 9.43. The molecule has 208 valence electrons. The Balaban J connectivity index is 1.31. The minimum Gasteiger partial charge on any atom is -0.494 e. The quantitative estimate of drug-likeness (QED) is 0.307. The molecule has 1 saturated heterocycles. The van der Waals surface area contributed by atoms with Gasteiger partial charge >= 0.3 is 0 Å². The molecule has 8 heteroatoms. The van der Waals surface area contributed by atoms with Gasteiger partial charge in [-0.25, -0.2) is 4.98 Å². The molecule has 8 rings (SSSR count). The number of imidazole rings is 1. The average Bonchev–Trinajstić information content (AvgIpc) is 3.37. The molecule has 4 heterocycles. The summed E-state index contributed by atoms with van der Waals surface area (Å²) in [6, 6.07) is 18.9. The van der Waals surface area contributed by atoms with Crippen LogP contribution >= 0.6 is 0 Å². The second kappa shape index (κ2) is 9.45. The zero-order valence-electron chi connectivity index (χ0n) is 23.2. The van der Waals surface area contributed by atoms with Gasteiger partial charge in [-0.3, -0.25) is 9.78 Å². The number of likely N-dealkylation sites (tertiary alicyclic amines) is 1. The molecule has 0 spiro atoms. The lowest BCUT2D eigenvalue weighted by Gasteiger charge is -2.27. The second-order valence-electron chi connectivity index (χ2n) is 12.0. The number of hydrogen-bond donors (Lipinski definition) is 1. The Morgan fingerprint density at radius 1 is 1.05 bits per heavy atom. The molecule has 5 aromatic rings. The van der Waals surface area contributed by atoms with E-state index in [2.05, 4.69) is 50.5 Å². The Bertz CT molecular complexity index is 1790. The standard InChI is InChI=1S/C33H34N6O2/c1-41-29-15-24(33(40)38-19-23-10-11-27(38)30(23)34)13-25-31(29)39(18-21-5-4-12-35-16-21)32(36-25)28-14-22-6-2-3-7-26(22)37(28)17-20-8-9-20/h2-7,12-16,20,23,27,30H,8-11,17-19,34H2,1H3/t23?,27?,30-/m1/s1. The van der Waals surface area contributed by atoms with Crippen LogP contribution in [0.25, 0.3) is 33.5 Å². The number of fused-ring (bicyclic) bond motifs is 4. The van der Waals surface area contributed by atoms with Crippen LogP contribution in [0, 0.1) is 11.8 Å². The number of ether oxygens (including phenoxy) is 1. The molecular formula is C33H34N6O2. The van der Waals surface area contributed by atoms with Crippen LogP contribution < -0.4 is 10.5 Å². The number of benzene rings is 2. The number of para-hydroxylation sites is 1. The minimum absolute atomic E-state index is 0.0130. The number of methoxy groups -OCH3 is 1. The van der Waals surface area contributed by atoms with Crippen LogP contribution in [-0.2, 0) is 13.1 Å². The third-order valence-corrected chi connectivity index (χ3v) is 9.43. The SMILES string of the molecule is COc1cc(C(=O)N2CC3CCC2[C@@H]3N)cc2nc(-c3cc4ccccc4n3CC3CC3)n(Cc3cccnc3)c12. The van der Waals surface area contributed by atoms with E-state index in [-0.39, 0.29) is 18.0 Å². The summed E-state index contributed by atoms with van der Waals surface area (Å²) in [4.78, 5) is 25.4. The molecule has 0 radical (unpaired) electrons. The Labute approximate surface area is 238 Å². The van der Waals surface area contributed by atoms with Crippen LogP contribution in [-0.4, -0.2) is 55.6 Å². The number of carbonyl (C=O) groups excluding carboxylic acids is 1. The number of carbonyl (C=O) groups is 1. The Hall–Kier alpha value is -4.17. The van der Waals surface area contributed by atoms with Crippen LogP contribution in [0.4, 0.5) is 0 Å². The Morgan fingerprint density at radius 3 is 2.66 bits per heavy atom. The molecule has 2 N–H and O–H groups in total. The van der Waals surface area contributed by atoms with Crippen molar-refractivity contribution in [3.05, 3.63) is 78.1 Å². The van der Waals surface area contributed by atoms with Crippen molar-refractivity contribution < 1.29 is 9.53 Å². The van der Waals surface area contributed by atoms with Crippen molar-refractivity contribution in [3.63, 3.8) is 0 Å². The number of hydrogen-bond acceptors (Lipinski definition) is 5. The first-order valence-corrected chi connectivity index (χ1v) is 14.7. The predicted molar refractivity (Wildman–Crippen MR) is 159 cm³/mol. The van der Waals surface area contributed by atoms with Crippen LogP contribution in [0.3, 0.4) is 0 Å². The zero-order chi connectivity index (χ0) is 27.7. The van der Waals surface area contributed by atoms with E-state index in [9.17, 15) is 4.79 Å². The van der Waals surface area contributed by atoms with E-state index in [1.54, 1.807) is 13.3 Å². The molecule has 1 amide bonds. The maximum absolute atomic E-state index is 13.8. The van der Waals surface area contributed by atoms with Crippen LogP contribution in [0.5, 0.6) is 5.75 Å². The van der Waals surface area contributed by atoms with Gasteiger partial charge in [0.15, 0.2) is 5.82 Å². The fourth-order valence-electron chi connectivity index (χ4n) is 7.13. The van der Waals surface area contributed by atoms with E-state index in [4.69, 9.17) is 15.5 Å². The van der Waals surface area contributed by atoms with Gasteiger partial charge in [0, 0.05) is 54.0 Å². The summed E-state index contributed by atoms with van der Waals surface area (Å²) in [7, 11) is 1.67. The van der Waals surface area contributed by atoms with Crippen molar-refractivity contribution in [1.29, 1.82) is 0 Å². The van der Waals surface area contributed by atoms with Gasteiger partial charge in [-0.1, -0.05) is 24.3 Å². The first-order valence-electron chi connectivity index (χ1n) is 14.7. The predicted octanol–water partition coefficient (Wildman–Crippen LogP) is 5.08. The van der Waals surface area contributed by atoms with Crippen LogP contribution in [0.15, 0.2) is 67.0 Å². The van der Waals surface area contributed by atoms with E-state index in [0.717, 1.165) is 54.0 Å². The minimum atomic E-state index is 0.0130. The van der Waals surface area contributed by atoms with Crippen molar-refractivity contribution in [3.8, 4) is 17.3 Å². The fourth-order valence-corrected chi connectivity index (χ4v) is 7.13. The zero-order valence-corrected chi connectivity index (χ0v) is 23.2. The van der Waals surface area contributed by atoms with Gasteiger partial charge in [-0.2, -0.15) is 0 Å². The summed E-state index contributed by atoms with van der Waals surface area (Å²) >= 11 is 0. The smallest absolute Gasteiger partial charge is 0.254 e. The summed E-state index contributed by atoms with van der Waals surface area (Å²) in [6.07, 6.45) is 8.30. The number of pyridine rings is 1. The van der Waals surface area contributed by atoms with Crippen molar-refractivity contribution in [1.82, 2.24) is 24.0 Å². The largest absolute Gasteiger partial charge is 0.494 e. The molecule has 2 aromatic carbocycles. The van der Waals surface area contributed by atoms with Gasteiger partial charge in [-0.15, -0.1) is 0 Å². The summed E-state index contributed by atoms with van der Waals surface area (Å²) in [5.41, 5.74) is 12.0. The van der Waals surface area contributed by atoms with Gasteiger partial charge in [0.1, 0.15) is 11.3 Å². The molecule has 8 nitrogen and oxygen atoms in total. The molecule has 3 atom stereocenters. The van der Waals surface area contributed by atoms with E-state index in [0.29, 0.717) is 29.7 Å². The lowest BCUT2D eigenvalue weighted by Crippen LogP contribution is -2.41. The van der Waals surface area contributed by atoms with E-state index in [1.165, 1.54) is 23.7 Å². The van der Waals surface area contributed by atoms with Crippen molar-refractivity contribution >= 4 is 27.8 Å². The van der Waals surface area contributed by atoms with Gasteiger partial charge < -0.3 is 24.5 Å². The topological polar surface area (TPSA) is 91.2 Å². The molecule has 3 aromatic heterocycles. The second-order valence-corrected chi connectivity index (χ2v) is 12.0. The Morgan fingerprint density at radius 2 is 1.93 bits per heavy atom. The van der Waals surface area contributed by atoms with E-state index < -0.39 is 0 Å². The Kier molecular flexibility index (Phi) is 5.67. The summed E-state index contributed by atoms with van der Waals surface area (Å²) in [5.74, 6) is 2.62. The maximum atomic E-state index is 13.8. The number of aromatic nitrogens is 4. The molecule has 2 bridgehead atoms. The molecule has 3 aliphatic rings. The molecule has 2 aliphatic carbocycles. The first kappa shape index (κ1) is 24.6. The van der Waals surface area contributed by atoms with Gasteiger partial charge in [0.2, 0.25) is 0 Å². The van der Waals surface area contributed by atoms with Gasteiger partial charge in [-0.05, 0) is 73.4 Å². The lowest BCUT2D eigenvalue weighted by atomic mass is 10.1. The van der Waals surface area contributed by atoms with Gasteiger partial charge in [0.25, 0.3) is 5.91 Å². The summed E-state index contributed by atoms with van der Waals surface area (Å²) in [5, 5.41) is 1.20. The number of nitrogens with zero attached hydrogens (tertiary/aromatic N) is 5. The molecule has 2 saturated carbocycles. The normalized spacial score (nSPS) is 21.8. The van der Waals surface area contributed by atoms with Gasteiger partial charge in [0.05, 0.1) is 24.9 Å². The number of amides is 1. The monoisotopic (exact) mass is 546 g/mol. The molecule has 3 fully saturated rings. The van der Waals surface area contributed by atoms with Crippen molar-refractivity contribution in [2.75, 3.05) is 13.7 Å². The summed E-state index contributed by atoms with van der Waals surface area (Å²) < 4.78 is 10.6. The van der Waals surface area contributed by atoms with Crippen molar-refractivity contribution in [2.24, 2.45) is 17.6 Å². The lowest BCUT2D eigenvalue weighted by molar-refractivity contribution is 0.0700. The van der Waals surface area contributed by atoms with Crippen LogP contribution in [0.1, 0.15) is 41.6 Å². The number of piperidine rings is 1. The number of nitrogens with two attached hydrogens (primary N) is 1. The van der Waals surface area contributed by atoms with E-state index >= 15 is 0 Å². The average molecular weight is 547 g/mol. The number of rotatable bonds is 7. The molecular weight excluding hydrogens is 512 g/mol. The van der Waals surface area contributed by atoms with Crippen LogP contribution in [0.2, 0.25) is 0 Å². The first-order chi connectivity index (χ1) is 20.1. The molecule has 41 heavy (non-hydrogen) atoms. The molecule has 2 unspecified atom stereocenters. The maximum Gasteiger partial charge on any atom is 0.254 e. The molecule has 1 aliphatic heterocycles. The highest BCUT2D eigenvalue weighted by atomic mass is 16.5.